The number of amides is 1. The zero-order valence-corrected chi connectivity index (χ0v) is 11.9. The molecule has 110 valence electrons. The van der Waals surface area contributed by atoms with Gasteiger partial charge >= 0.3 is 0 Å². The Morgan fingerprint density at radius 3 is 2.33 bits per heavy atom. The fourth-order valence-electron chi connectivity index (χ4n) is 1.86. The molecule has 0 radical (unpaired) electrons. The second-order valence-corrected chi connectivity index (χ2v) is 4.63. The van der Waals surface area contributed by atoms with Crippen LogP contribution in [0.5, 0.6) is 0 Å². The highest BCUT2D eigenvalue weighted by Gasteiger charge is 2.01. The van der Waals surface area contributed by atoms with E-state index in [4.69, 9.17) is 4.74 Å². The molecule has 1 amide bonds. The summed E-state index contributed by atoms with van der Waals surface area (Å²) < 4.78 is 5.33. The molecule has 0 bridgehead atoms. The zero-order valence-electron chi connectivity index (χ0n) is 11.9. The molecule has 2 aromatic rings. The maximum atomic E-state index is 11.6. The Morgan fingerprint density at radius 1 is 0.952 bits per heavy atom. The van der Waals surface area contributed by atoms with E-state index in [1.54, 1.807) is 0 Å². The lowest BCUT2D eigenvalue weighted by molar-refractivity contribution is -0.120. The highest BCUT2D eigenvalue weighted by atomic mass is 16.5. The smallest absolute Gasteiger partial charge is 0.250 e. The normalized spacial score (nSPS) is 10.3. The van der Waals surface area contributed by atoms with Crippen molar-refractivity contribution in [2.75, 3.05) is 25.1 Å². The number of para-hydroxylation sites is 1. The summed E-state index contributed by atoms with van der Waals surface area (Å²) in [6.45, 7) is 2.10. The standard InChI is InChI=1S/C17H20N2O2/c20-17(19-16-9-5-2-6-10-16)14-21-12-11-18-13-15-7-3-1-4-8-15/h1-10,18H,11-14H2,(H,19,20). The maximum Gasteiger partial charge on any atom is 0.250 e. The van der Waals surface area contributed by atoms with Crippen LogP contribution < -0.4 is 10.6 Å². The third kappa shape index (κ3) is 6.21. The SMILES string of the molecule is O=C(COCCNCc1ccccc1)Nc1ccccc1. The molecule has 2 N–H and O–H groups in total. The Bertz CT molecular complexity index is 529. The summed E-state index contributed by atoms with van der Waals surface area (Å²) in [4.78, 5) is 11.6. The Hall–Kier alpha value is -2.17. The Kier molecular flexibility index (Phi) is 6.45. The largest absolute Gasteiger partial charge is 0.370 e. The molecule has 0 atom stereocenters. The van der Waals surface area contributed by atoms with Crippen LogP contribution in [0.1, 0.15) is 5.56 Å². The summed E-state index contributed by atoms with van der Waals surface area (Å²) in [5.74, 6) is -0.135. The first-order valence-electron chi connectivity index (χ1n) is 7.02. The van der Waals surface area contributed by atoms with Crippen molar-refractivity contribution < 1.29 is 9.53 Å². The number of carbonyl (C=O) groups is 1. The number of carbonyl (C=O) groups excluding carboxylic acids is 1. The van der Waals surface area contributed by atoms with Crippen LogP contribution in [0, 0.1) is 0 Å². The van der Waals surface area contributed by atoms with Crippen LogP contribution in [-0.2, 0) is 16.1 Å². The highest BCUT2D eigenvalue weighted by molar-refractivity contribution is 5.91. The van der Waals surface area contributed by atoms with Crippen LogP contribution in [0.15, 0.2) is 60.7 Å². The number of hydrogen-bond acceptors (Lipinski definition) is 3. The van der Waals surface area contributed by atoms with E-state index in [0.29, 0.717) is 13.2 Å². The van der Waals surface area contributed by atoms with E-state index in [1.165, 1.54) is 5.56 Å². The molecule has 4 heteroatoms. The second-order valence-electron chi connectivity index (χ2n) is 4.63. The van der Waals surface area contributed by atoms with Crippen LogP contribution in [0.4, 0.5) is 5.69 Å². The molecule has 0 spiro atoms. The number of benzene rings is 2. The monoisotopic (exact) mass is 284 g/mol. The molecule has 0 aliphatic carbocycles. The van der Waals surface area contributed by atoms with E-state index in [0.717, 1.165) is 12.2 Å². The number of hydrogen-bond donors (Lipinski definition) is 2. The van der Waals surface area contributed by atoms with Gasteiger partial charge in [-0.25, -0.2) is 0 Å². The van der Waals surface area contributed by atoms with Gasteiger partial charge in [-0.1, -0.05) is 48.5 Å². The molecule has 0 aliphatic heterocycles. The highest BCUT2D eigenvalue weighted by Crippen LogP contribution is 2.04. The summed E-state index contributed by atoms with van der Waals surface area (Å²) in [5, 5.41) is 6.04. The van der Waals surface area contributed by atoms with Crippen molar-refractivity contribution in [3.05, 3.63) is 66.2 Å². The Labute approximate surface area is 125 Å². The molecule has 0 unspecified atom stereocenters. The van der Waals surface area contributed by atoms with Crippen molar-refractivity contribution in [2.45, 2.75) is 6.54 Å². The third-order valence-electron chi connectivity index (χ3n) is 2.89. The number of rotatable bonds is 8. The van der Waals surface area contributed by atoms with Gasteiger partial charge in [0.25, 0.3) is 0 Å². The molecular formula is C17H20N2O2. The van der Waals surface area contributed by atoms with Gasteiger partial charge in [-0.05, 0) is 17.7 Å². The average Bonchev–Trinajstić information content (AvgIpc) is 2.53. The molecule has 4 nitrogen and oxygen atoms in total. The van der Waals surface area contributed by atoms with Crippen molar-refractivity contribution >= 4 is 11.6 Å². The molecule has 0 saturated carbocycles. The minimum Gasteiger partial charge on any atom is -0.370 e. The molecule has 0 aliphatic rings. The van der Waals surface area contributed by atoms with Gasteiger partial charge in [0.2, 0.25) is 5.91 Å². The number of ether oxygens (including phenoxy) is 1. The minimum absolute atomic E-state index is 0.0713. The minimum atomic E-state index is -0.135. The van der Waals surface area contributed by atoms with Crippen molar-refractivity contribution in [3.8, 4) is 0 Å². The third-order valence-corrected chi connectivity index (χ3v) is 2.89. The van der Waals surface area contributed by atoms with Gasteiger partial charge in [0.1, 0.15) is 6.61 Å². The van der Waals surface area contributed by atoms with Gasteiger partial charge in [0.05, 0.1) is 6.61 Å². The average molecular weight is 284 g/mol. The summed E-state index contributed by atoms with van der Waals surface area (Å²) in [6, 6.07) is 19.5. The number of anilines is 1. The molecule has 21 heavy (non-hydrogen) atoms. The summed E-state index contributed by atoms with van der Waals surface area (Å²) >= 11 is 0. The van der Waals surface area contributed by atoms with Crippen LogP contribution in [-0.4, -0.2) is 25.7 Å². The van der Waals surface area contributed by atoms with Crippen molar-refractivity contribution in [2.24, 2.45) is 0 Å². The Balaban J connectivity index is 1.52. The van der Waals surface area contributed by atoms with Gasteiger partial charge < -0.3 is 15.4 Å². The first-order valence-corrected chi connectivity index (χ1v) is 7.02. The summed E-state index contributed by atoms with van der Waals surface area (Å²) in [6.07, 6.45) is 0. The fraction of sp³-hybridized carbons (Fsp3) is 0.235. The quantitative estimate of drug-likeness (QED) is 0.732. The van der Waals surface area contributed by atoms with Crippen LogP contribution in [0.25, 0.3) is 0 Å². The van der Waals surface area contributed by atoms with Crippen molar-refractivity contribution in [1.29, 1.82) is 0 Å². The van der Waals surface area contributed by atoms with Crippen LogP contribution in [0.3, 0.4) is 0 Å². The summed E-state index contributed by atoms with van der Waals surface area (Å²) in [7, 11) is 0. The molecule has 0 heterocycles. The molecule has 0 aromatic heterocycles. The lowest BCUT2D eigenvalue weighted by atomic mass is 10.2. The molecule has 0 saturated heterocycles. The van der Waals surface area contributed by atoms with E-state index >= 15 is 0 Å². The van der Waals surface area contributed by atoms with Gasteiger partial charge in [0.15, 0.2) is 0 Å². The Morgan fingerprint density at radius 2 is 1.62 bits per heavy atom. The molecular weight excluding hydrogens is 264 g/mol. The van der Waals surface area contributed by atoms with E-state index in [-0.39, 0.29) is 12.5 Å². The van der Waals surface area contributed by atoms with Crippen LogP contribution in [0.2, 0.25) is 0 Å². The van der Waals surface area contributed by atoms with Crippen molar-refractivity contribution in [3.63, 3.8) is 0 Å². The number of nitrogens with one attached hydrogen (secondary N) is 2. The second kappa shape index (κ2) is 8.89. The first-order chi connectivity index (χ1) is 10.3. The maximum absolute atomic E-state index is 11.6. The van der Waals surface area contributed by atoms with Crippen molar-refractivity contribution in [1.82, 2.24) is 5.32 Å². The molecule has 2 aromatic carbocycles. The van der Waals surface area contributed by atoms with Gasteiger partial charge in [0, 0.05) is 18.8 Å². The first kappa shape index (κ1) is 15.2. The van der Waals surface area contributed by atoms with Gasteiger partial charge in [-0.2, -0.15) is 0 Å². The van der Waals surface area contributed by atoms with E-state index in [2.05, 4.69) is 22.8 Å². The zero-order chi connectivity index (χ0) is 14.8. The predicted molar refractivity (Wildman–Crippen MR) is 84.0 cm³/mol. The van der Waals surface area contributed by atoms with Gasteiger partial charge in [-0.15, -0.1) is 0 Å². The summed E-state index contributed by atoms with van der Waals surface area (Å²) in [5.41, 5.74) is 2.02. The molecule has 0 fully saturated rings. The van der Waals surface area contributed by atoms with E-state index in [9.17, 15) is 4.79 Å². The van der Waals surface area contributed by atoms with Gasteiger partial charge in [-0.3, -0.25) is 4.79 Å². The lowest BCUT2D eigenvalue weighted by Crippen LogP contribution is -2.23. The lowest BCUT2D eigenvalue weighted by Gasteiger charge is -2.07. The van der Waals surface area contributed by atoms with E-state index < -0.39 is 0 Å². The topological polar surface area (TPSA) is 50.4 Å². The molecule has 2 rings (SSSR count). The van der Waals surface area contributed by atoms with E-state index in [1.807, 2.05) is 48.5 Å². The van der Waals surface area contributed by atoms with Crippen LogP contribution >= 0.6 is 0 Å². The fourth-order valence-corrected chi connectivity index (χ4v) is 1.86. The predicted octanol–water partition coefficient (Wildman–Crippen LogP) is 2.43.